The molecule has 6 nitrogen and oxygen atoms in total. The molecule has 8 atom stereocenters. The number of carbonyl (C=O) groups is 1. The van der Waals surface area contributed by atoms with Crippen LogP contribution >= 0.6 is 0 Å². The standard InChI is InChI=1S/C26H42O6/c1-3-4-9-18(2)21(31-25-10-5-7-14-28-25)13-12-19-20-16-24(27)30-23(20)17-22(19)32-26-11-6-8-15-29-26/h12-13,18-23,25-26H,3-11,14-17H2,1-2H3/b13-12+/t18?,19-,20-,21-,22-,23+,25?,26?/m1/s1. The monoisotopic (exact) mass is 450 g/mol. The lowest BCUT2D eigenvalue weighted by Gasteiger charge is -2.31. The lowest BCUT2D eigenvalue weighted by Crippen LogP contribution is -2.32. The van der Waals surface area contributed by atoms with E-state index < -0.39 is 0 Å². The van der Waals surface area contributed by atoms with Crippen molar-refractivity contribution in [1.82, 2.24) is 0 Å². The van der Waals surface area contributed by atoms with Gasteiger partial charge in [0, 0.05) is 31.5 Å². The molecule has 32 heavy (non-hydrogen) atoms. The summed E-state index contributed by atoms with van der Waals surface area (Å²) in [7, 11) is 0. The first-order valence-electron chi connectivity index (χ1n) is 13.1. The van der Waals surface area contributed by atoms with Crippen LogP contribution in [0.15, 0.2) is 12.2 Å². The van der Waals surface area contributed by atoms with E-state index in [1.54, 1.807) is 0 Å². The van der Waals surface area contributed by atoms with Crippen LogP contribution in [0.2, 0.25) is 0 Å². The Kier molecular flexibility index (Phi) is 9.04. The number of unbranched alkanes of at least 4 members (excludes halogenated alkanes) is 1. The molecule has 0 aromatic heterocycles. The van der Waals surface area contributed by atoms with E-state index in [1.807, 2.05) is 0 Å². The van der Waals surface area contributed by atoms with Gasteiger partial charge in [0.25, 0.3) is 0 Å². The van der Waals surface area contributed by atoms with Crippen molar-refractivity contribution in [2.24, 2.45) is 17.8 Å². The molecule has 4 fully saturated rings. The molecule has 182 valence electrons. The summed E-state index contributed by atoms with van der Waals surface area (Å²) < 4.78 is 30.2. The molecule has 4 aliphatic rings. The van der Waals surface area contributed by atoms with Crippen molar-refractivity contribution in [1.29, 1.82) is 0 Å². The molecule has 3 heterocycles. The highest BCUT2D eigenvalue weighted by molar-refractivity contribution is 5.72. The Morgan fingerprint density at radius 3 is 2.53 bits per heavy atom. The maximum absolute atomic E-state index is 12.0. The van der Waals surface area contributed by atoms with Crippen molar-refractivity contribution in [3.05, 3.63) is 12.2 Å². The summed E-state index contributed by atoms with van der Waals surface area (Å²) in [4.78, 5) is 12.0. The minimum Gasteiger partial charge on any atom is -0.462 e. The van der Waals surface area contributed by atoms with Crippen LogP contribution in [0.4, 0.5) is 0 Å². The van der Waals surface area contributed by atoms with Crippen LogP contribution in [0.25, 0.3) is 0 Å². The van der Waals surface area contributed by atoms with Crippen LogP contribution in [-0.2, 0) is 28.5 Å². The van der Waals surface area contributed by atoms with Gasteiger partial charge in [0.05, 0.1) is 18.6 Å². The summed E-state index contributed by atoms with van der Waals surface area (Å²) in [5.74, 6) is 0.667. The van der Waals surface area contributed by atoms with Crippen molar-refractivity contribution in [3.8, 4) is 0 Å². The van der Waals surface area contributed by atoms with Crippen LogP contribution < -0.4 is 0 Å². The molecule has 0 amide bonds. The molecule has 3 saturated heterocycles. The van der Waals surface area contributed by atoms with E-state index >= 15 is 0 Å². The highest BCUT2D eigenvalue weighted by Crippen LogP contribution is 2.44. The number of rotatable bonds is 10. The fraction of sp³-hybridized carbons (Fsp3) is 0.885. The molecule has 0 bridgehead atoms. The molecule has 0 radical (unpaired) electrons. The minimum absolute atomic E-state index is 0.00769. The van der Waals surface area contributed by atoms with Crippen LogP contribution in [-0.4, -0.2) is 50.1 Å². The van der Waals surface area contributed by atoms with Gasteiger partial charge in [0.15, 0.2) is 12.6 Å². The van der Waals surface area contributed by atoms with Crippen molar-refractivity contribution < 1.29 is 28.5 Å². The number of ether oxygens (including phenoxy) is 5. The Bertz CT molecular complexity index is 609. The lowest BCUT2D eigenvalue weighted by molar-refractivity contribution is -0.194. The van der Waals surface area contributed by atoms with Gasteiger partial charge in [-0.1, -0.05) is 38.8 Å². The first kappa shape index (κ1) is 24.2. The average Bonchev–Trinajstić information content (AvgIpc) is 3.31. The Morgan fingerprint density at radius 1 is 1.09 bits per heavy atom. The van der Waals surface area contributed by atoms with Gasteiger partial charge in [-0.3, -0.25) is 4.79 Å². The predicted molar refractivity (Wildman–Crippen MR) is 121 cm³/mol. The Morgan fingerprint density at radius 2 is 1.84 bits per heavy atom. The van der Waals surface area contributed by atoms with Crippen LogP contribution in [0.1, 0.15) is 84.5 Å². The molecule has 0 aromatic carbocycles. The average molecular weight is 451 g/mol. The van der Waals surface area contributed by atoms with Crippen molar-refractivity contribution in [2.45, 2.75) is 115 Å². The van der Waals surface area contributed by atoms with Gasteiger partial charge in [-0.2, -0.15) is 0 Å². The smallest absolute Gasteiger partial charge is 0.306 e. The molecule has 0 spiro atoms. The number of carbonyl (C=O) groups excluding carboxylic acids is 1. The van der Waals surface area contributed by atoms with Gasteiger partial charge in [0.1, 0.15) is 6.10 Å². The molecular weight excluding hydrogens is 408 g/mol. The normalized spacial score (nSPS) is 37.4. The Balaban J connectivity index is 1.45. The minimum atomic E-state index is -0.134. The molecule has 1 saturated carbocycles. The van der Waals surface area contributed by atoms with E-state index in [0.29, 0.717) is 12.3 Å². The summed E-state index contributed by atoms with van der Waals surface area (Å²) in [6.45, 7) is 6.06. The Hall–Kier alpha value is -0.950. The molecular formula is C26H42O6. The summed E-state index contributed by atoms with van der Waals surface area (Å²) in [5.41, 5.74) is 0. The summed E-state index contributed by atoms with van der Waals surface area (Å²) in [6, 6.07) is 0. The molecule has 1 aliphatic carbocycles. The van der Waals surface area contributed by atoms with Crippen LogP contribution in [0, 0.1) is 17.8 Å². The Labute approximate surface area is 193 Å². The predicted octanol–water partition coefficient (Wildman–Crippen LogP) is 5.14. The van der Waals surface area contributed by atoms with Gasteiger partial charge >= 0.3 is 5.97 Å². The van der Waals surface area contributed by atoms with Gasteiger partial charge in [-0.05, 0) is 50.9 Å². The van der Waals surface area contributed by atoms with Crippen LogP contribution in [0.3, 0.4) is 0 Å². The largest absolute Gasteiger partial charge is 0.462 e. The van der Waals surface area contributed by atoms with Gasteiger partial charge < -0.3 is 23.7 Å². The van der Waals surface area contributed by atoms with Gasteiger partial charge in [0.2, 0.25) is 0 Å². The molecule has 0 aromatic rings. The third kappa shape index (κ3) is 6.34. The lowest BCUT2D eigenvalue weighted by atomic mass is 9.89. The molecule has 3 unspecified atom stereocenters. The van der Waals surface area contributed by atoms with E-state index in [9.17, 15) is 4.79 Å². The number of esters is 1. The second kappa shape index (κ2) is 12.0. The fourth-order valence-corrected chi connectivity index (χ4v) is 5.61. The maximum atomic E-state index is 12.0. The van der Waals surface area contributed by atoms with E-state index in [1.165, 1.54) is 12.8 Å². The zero-order valence-corrected chi connectivity index (χ0v) is 19.9. The summed E-state index contributed by atoms with van der Waals surface area (Å²) in [6.07, 6.45) is 15.4. The summed E-state index contributed by atoms with van der Waals surface area (Å²) >= 11 is 0. The zero-order valence-electron chi connectivity index (χ0n) is 19.9. The van der Waals surface area contributed by atoms with E-state index in [2.05, 4.69) is 26.0 Å². The fourth-order valence-electron chi connectivity index (χ4n) is 5.61. The van der Waals surface area contributed by atoms with E-state index in [0.717, 1.165) is 64.6 Å². The third-order valence-corrected chi connectivity index (χ3v) is 7.56. The highest BCUT2D eigenvalue weighted by Gasteiger charge is 2.50. The van der Waals surface area contributed by atoms with Crippen molar-refractivity contribution >= 4 is 5.97 Å². The summed E-state index contributed by atoms with van der Waals surface area (Å²) in [5, 5.41) is 0. The van der Waals surface area contributed by atoms with E-state index in [4.69, 9.17) is 23.7 Å². The number of hydrogen-bond donors (Lipinski definition) is 0. The quantitative estimate of drug-likeness (QED) is 0.339. The molecule has 3 aliphatic heterocycles. The molecule has 6 heteroatoms. The number of hydrogen-bond acceptors (Lipinski definition) is 6. The maximum Gasteiger partial charge on any atom is 0.306 e. The number of fused-ring (bicyclic) bond motifs is 1. The second-order valence-electron chi connectivity index (χ2n) is 10.1. The first-order chi connectivity index (χ1) is 15.6. The van der Waals surface area contributed by atoms with Crippen LogP contribution in [0.5, 0.6) is 0 Å². The van der Waals surface area contributed by atoms with E-state index in [-0.39, 0.29) is 48.7 Å². The molecule has 0 N–H and O–H groups in total. The molecule has 4 rings (SSSR count). The zero-order chi connectivity index (χ0) is 22.3. The SMILES string of the molecule is CCCCC(C)[C@@H](/C=C/[C@@H]1[C@H]2CC(=O)O[C@H]2C[C@H]1OC1CCCCO1)OC1CCCCO1. The second-order valence-corrected chi connectivity index (χ2v) is 10.1. The van der Waals surface area contributed by atoms with Crippen molar-refractivity contribution in [3.63, 3.8) is 0 Å². The third-order valence-electron chi connectivity index (χ3n) is 7.56. The highest BCUT2D eigenvalue weighted by atomic mass is 16.7. The van der Waals surface area contributed by atoms with Crippen molar-refractivity contribution in [2.75, 3.05) is 13.2 Å². The first-order valence-corrected chi connectivity index (χ1v) is 13.1. The van der Waals surface area contributed by atoms with Gasteiger partial charge in [-0.25, -0.2) is 0 Å². The topological polar surface area (TPSA) is 63.2 Å². The van der Waals surface area contributed by atoms with Gasteiger partial charge in [-0.15, -0.1) is 0 Å².